The number of carbonyl (C=O) groups is 1. The average Bonchev–Trinajstić information content (AvgIpc) is 2.01. The summed E-state index contributed by atoms with van der Waals surface area (Å²) in [7, 11) is 1.56. The van der Waals surface area contributed by atoms with E-state index in [0.29, 0.717) is 16.5 Å². The van der Waals surface area contributed by atoms with E-state index in [1.54, 1.807) is 13.3 Å². The van der Waals surface area contributed by atoms with E-state index in [1.165, 1.54) is 3.99 Å². The highest BCUT2D eigenvalue weighted by Gasteiger charge is 2.29. The lowest BCUT2D eigenvalue weighted by atomic mass is 10.2. The second-order valence-corrected chi connectivity index (χ2v) is 4.06. The molecule has 6 heteroatoms. The van der Waals surface area contributed by atoms with Gasteiger partial charge in [0.15, 0.2) is 0 Å². The van der Waals surface area contributed by atoms with Crippen LogP contribution in [0.1, 0.15) is 0 Å². The molecule has 0 aliphatic carbocycles. The fourth-order valence-corrected chi connectivity index (χ4v) is 2.24. The van der Waals surface area contributed by atoms with Crippen molar-refractivity contribution in [3.05, 3.63) is 0 Å². The van der Waals surface area contributed by atoms with Crippen LogP contribution in [0.2, 0.25) is 0 Å². The maximum absolute atomic E-state index is 11.2. The summed E-state index contributed by atoms with van der Waals surface area (Å²) in [6, 6.07) is 0. The fourth-order valence-electron chi connectivity index (χ4n) is 0.798. The summed E-state index contributed by atoms with van der Waals surface area (Å²) in [5.41, 5.74) is 0. The van der Waals surface area contributed by atoms with Crippen LogP contribution in [0.5, 0.6) is 0 Å². The van der Waals surface area contributed by atoms with Gasteiger partial charge < -0.3 is 8.73 Å². The first-order valence-corrected chi connectivity index (χ1v) is 4.96. The SMILES string of the molecule is COC1C=N[N]([AlH2])C(=O)C1Br. The van der Waals surface area contributed by atoms with E-state index in [4.69, 9.17) is 4.74 Å². The van der Waals surface area contributed by atoms with Crippen molar-refractivity contribution >= 4 is 44.6 Å². The Morgan fingerprint density at radius 3 is 3.09 bits per heavy atom. The summed E-state index contributed by atoms with van der Waals surface area (Å²) < 4.78 is 6.42. The predicted molar refractivity (Wildman–Crippen MR) is 47.4 cm³/mol. The van der Waals surface area contributed by atoms with Crippen molar-refractivity contribution in [3.8, 4) is 0 Å². The Morgan fingerprint density at radius 2 is 2.55 bits per heavy atom. The largest absolute Gasteiger partial charge is 0.403 e. The Kier molecular flexibility index (Phi) is 3.08. The molecule has 0 spiro atoms. The maximum Gasteiger partial charge on any atom is 0.403 e. The Bertz CT molecular complexity index is 199. The molecular weight excluding hydrogens is 227 g/mol. The van der Waals surface area contributed by atoms with Crippen LogP contribution in [-0.2, 0) is 9.53 Å². The topological polar surface area (TPSA) is 41.9 Å². The minimum absolute atomic E-state index is 0.0222. The molecule has 0 radical (unpaired) electrons. The number of hydrazone groups is 1. The minimum atomic E-state index is -0.275. The van der Waals surface area contributed by atoms with Crippen LogP contribution in [0.3, 0.4) is 0 Å². The molecule has 0 fully saturated rings. The molecule has 1 aliphatic heterocycles. The van der Waals surface area contributed by atoms with Crippen molar-refractivity contribution in [3.63, 3.8) is 0 Å². The van der Waals surface area contributed by atoms with Crippen LogP contribution >= 0.6 is 15.9 Å². The van der Waals surface area contributed by atoms with Crippen molar-refractivity contribution in [1.29, 1.82) is 0 Å². The molecule has 1 amide bonds. The molecule has 0 aromatic carbocycles. The van der Waals surface area contributed by atoms with Gasteiger partial charge in [0.25, 0.3) is 0 Å². The van der Waals surface area contributed by atoms with E-state index in [2.05, 4.69) is 21.0 Å². The molecule has 1 heterocycles. The number of halogens is 1. The molecular formula is C5H8AlBrN2O2. The lowest BCUT2D eigenvalue weighted by Crippen LogP contribution is -2.44. The first-order valence-electron chi connectivity index (χ1n) is 3.15. The van der Waals surface area contributed by atoms with E-state index in [-0.39, 0.29) is 16.8 Å². The molecule has 2 atom stereocenters. The smallest absolute Gasteiger partial charge is 0.374 e. The van der Waals surface area contributed by atoms with Crippen LogP contribution < -0.4 is 0 Å². The second-order valence-electron chi connectivity index (χ2n) is 2.23. The third-order valence-corrected chi connectivity index (χ3v) is 3.09. The second kappa shape index (κ2) is 3.68. The third kappa shape index (κ3) is 1.82. The Hall–Kier alpha value is 0.112. The predicted octanol–water partition coefficient (Wildman–Crippen LogP) is -0.859. The zero-order valence-corrected chi connectivity index (χ0v) is 9.91. The Balaban J connectivity index is 2.76. The standard InChI is InChI=1S/C5H7BrN2O2.Al.2H/c1-10-3-2-7-8-5(9)4(3)6;;;/h2-4H,1H3,(H,8,9);;;/q;+1;;/p-1. The first-order chi connectivity index (χ1) is 5.16. The molecule has 0 aromatic rings. The van der Waals surface area contributed by atoms with Gasteiger partial charge in [0.1, 0.15) is 10.9 Å². The zero-order chi connectivity index (χ0) is 8.43. The quantitative estimate of drug-likeness (QED) is 0.438. The van der Waals surface area contributed by atoms with Crippen LogP contribution in [-0.4, -0.2) is 50.7 Å². The number of amides is 1. The van der Waals surface area contributed by atoms with Crippen molar-refractivity contribution < 1.29 is 9.53 Å². The lowest BCUT2D eigenvalue weighted by Gasteiger charge is -2.26. The molecule has 0 saturated carbocycles. The lowest BCUT2D eigenvalue weighted by molar-refractivity contribution is -0.128. The zero-order valence-electron chi connectivity index (χ0n) is 6.32. The molecule has 4 nitrogen and oxygen atoms in total. The van der Waals surface area contributed by atoms with Crippen molar-refractivity contribution in [2.45, 2.75) is 10.9 Å². The van der Waals surface area contributed by atoms with Crippen molar-refractivity contribution in [2.75, 3.05) is 7.11 Å². The van der Waals surface area contributed by atoms with Gasteiger partial charge in [-0.3, -0.25) is 4.79 Å². The number of hydrogen-bond donors (Lipinski definition) is 0. The van der Waals surface area contributed by atoms with Gasteiger partial charge in [0, 0.05) is 7.11 Å². The van der Waals surface area contributed by atoms with Crippen molar-refractivity contribution in [2.24, 2.45) is 5.10 Å². The normalized spacial score (nSPS) is 31.1. The molecule has 0 saturated heterocycles. The molecule has 0 bridgehead atoms. The van der Waals surface area contributed by atoms with Crippen LogP contribution in [0, 0.1) is 0 Å². The minimum Gasteiger partial charge on any atom is -0.374 e. The summed E-state index contributed by atoms with van der Waals surface area (Å²) in [6.07, 6.45) is 1.40. The number of methoxy groups -OCH3 is 1. The number of rotatable bonds is 1. The number of nitrogens with zero attached hydrogens (tertiary/aromatic N) is 2. The molecule has 11 heavy (non-hydrogen) atoms. The number of carbonyl (C=O) groups excluding carboxylic acids is 1. The summed E-state index contributed by atoms with van der Waals surface area (Å²) in [5.74, 6) is -0.0222. The van der Waals surface area contributed by atoms with Crippen LogP contribution in [0.4, 0.5) is 0 Å². The number of hydrogen-bond acceptors (Lipinski definition) is 3. The van der Waals surface area contributed by atoms with E-state index in [1.807, 2.05) is 0 Å². The Morgan fingerprint density at radius 1 is 1.91 bits per heavy atom. The molecule has 1 aliphatic rings. The molecule has 0 aromatic heterocycles. The first kappa shape index (κ1) is 9.20. The number of alkyl halides is 1. The molecule has 0 N–H and O–H groups in total. The van der Waals surface area contributed by atoms with E-state index in [9.17, 15) is 4.79 Å². The van der Waals surface area contributed by atoms with Gasteiger partial charge in [-0.15, -0.1) is 0 Å². The highest BCUT2D eigenvalue weighted by Crippen LogP contribution is 2.14. The average molecular weight is 235 g/mol. The Labute approximate surface area is 81.3 Å². The van der Waals surface area contributed by atoms with E-state index < -0.39 is 0 Å². The van der Waals surface area contributed by atoms with Crippen LogP contribution in [0.25, 0.3) is 0 Å². The van der Waals surface area contributed by atoms with Gasteiger partial charge in [-0.25, -0.2) is 5.10 Å². The van der Waals surface area contributed by atoms with Gasteiger partial charge in [-0.1, -0.05) is 15.9 Å². The van der Waals surface area contributed by atoms with Crippen LogP contribution in [0.15, 0.2) is 5.10 Å². The van der Waals surface area contributed by atoms with E-state index >= 15 is 0 Å². The maximum atomic E-state index is 11.2. The third-order valence-electron chi connectivity index (χ3n) is 1.50. The van der Waals surface area contributed by atoms with Gasteiger partial charge >= 0.3 is 16.5 Å². The van der Waals surface area contributed by atoms with Gasteiger partial charge in [-0.2, -0.15) is 0 Å². The summed E-state index contributed by atoms with van der Waals surface area (Å²) >= 11 is 3.85. The van der Waals surface area contributed by atoms with Crippen molar-refractivity contribution in [1.82, 2.24) is 3.99 Å². The number of ether oxygens (including phenoxy) is 1. The summed E-state index contributed by atoms with van der Waals surface area (Å²) in [4.78, 5) is 10.9. The summed E-state index contributed by atoms with van der Waals surface area (Å²) in [5, 5.41) is 3.88. The monoisotopic (exact) mass is 234 g/mol. The molecule has 2 unspecified atom stereocenters. The molecule has 1 rings (SSSR count). The molecule has 60 valence electrons. The van der Waals surface area contributed by atoms with Gasteiger partial charge in [0.05, 0.1) is 6.21 Å². The highest BCUT2D eigenvalue weighted by molar-refractivity contribution is 9.10. The van der Waals surface area contributed by atoms with Gasteiger partial charge in [0.2, 0.25) is 5.91 Å². The van der Waals surface area contributed by atoms with E-state index in [0.717, 1.165) is 0 Å². The van der Waals surface area contributed by atoms with Gasteiger partial charge in [-0.05, 0) is 0 Å². The highest BCUT2D eigenvalue weighted by atomic mass is 79.9. The fraction of sp³-hybridized carbons (Fsp3) is 0.600. The summed E-state index contributed by atoms with van der Waals surface area (Å²) in [6.45, 7) is 0.